The van der Waals surface area contributed by atoms with Crippen molar-refractivity contribution >= 4 is 40.8 Å². The second-order valence-electron chi connectivity index (χ2n) is 7.84. The Morgan fingerprint density at radius 3 is 2.09 bits per heavy atom. The summed E-state index contributed by atoms with van der Waals surface area (Å²) in [6, 6.07) is 9.43. The van der Waals surface area contributed by atoms with E-state index in [0.29, 0.717) is 17.3 Å². The van der Waals surface area contributed by atoms with Gasteiger partial charge in [0.05, 0.1) is 12.8 Å². The van der Waals surface area contributed by atoms with Crippen LogP contribution >= 0.6 is 22.9 Å². The summed E-state index contributed by atoms with van der Waals surface area (Å²) in [5.41, 5.74) is -1.87. The van der Waals surface area contributed by atoms with Gasteiger partial charge in [-0.2, -0.15) is 0 Å². The number of halogens is 1. The second kappa shape index (κ2) is 13.9. The fourth-order valence-electron chi connectivity index (χ4n) is 2.81. The van der Waals surface area contributed by atoms with Gasteiger partial charge < -0.3 is 30.4 Å². The molecule has 2 rings (SSSR count). The zero-order valence-corrected chi connectivity index (χ0v) is 20.4. The number of aliphatic hydroxyl groups is 1. The van der Waals surface area contributed by atoms with Crippen molar-refractivity contribution in [1.29, 1.82) is 0 Å². The van der Waals surface area contributed by atoms with Crippen LogP contribution in [0.4, 0.5) is 0 Å². The minimum absolute atomic E-state index is 0.306. The lowest BCUT2D eigenvalue weighted by Crippen LogP contribution is -2.42. The minimum Gasteiger partial charge on any atom is -0.508 e. The lowest BCUT2D eigenvalue weighted by molar-refractivity contribution is -0.170. The molecule has 0 unspecified atom stereocenters. The predicted molar refractivity (Wildman–Crippen MR) is 127 cm³/mol. The number of aromatic hydroxyl groups is 1. The first-order chi connectivity index (χ1) is 15.8. The van der Waals surface area contributed by atoms with Gasteiger partial charge in [-0.1, -0.05) is 17.7 Å². The number of phenolic OH excluding ortho intramolecular Hbond substituents is 1. The minimum atomic E-state index is -2.74. The Morgan fingerprint density at radius 2 is 1.62 bits per heavy atom. The van der Waals surface area contributed by atoms with Gasteiger partial charge in [0.25, 0.3) is 0 Å². The van der Waals surface area contributed by atoms with Crippen LogP contribution in [0.1, 0.15) is 23.3 Å². The Kier molecular flexibility index (Phi) is 12.0. The van der Waals surface area contributed by atoms with Crippen LogP contribution in [-0.4, -0.2) is 86.0 Å². The van der Waals surface area contributed by atoms with E-state index in [0.717, 1.165) is 25.2 Å². The van der Waals surface area contributed by atoms with Gasteiger partial charge in [0, 0.05) is 41.6 Å². The Hall–Kier alpha value is -2.70. The molecule has 2 aromatic rings. The van der Waals surface area contributed by atoms with Crippen molar-refractivity contribution in [2.75, 3.05) is 27.2 Å². The summed E-state index contributed by atoms with van der Waals surface area (Å²) in [6.45, 7) is 3.50. The van der Waals surface area contributed by atoms with Crippen LogP contribution in [0.15, 0.2) is 35.7 Å². The molecule has 0 fully saturated rings. The first kappa shape index (κ1) is 29.3. The molecule has 10 nitrogen and oxygen atoms in total. The molecule has 34 heavy (non-hydrogen) atoms. The molecular formula is C22H29ClN2O8S. The van der Waals surface area contributed by atoms with E-state index in [4.69, 9.17) is 32.0 Å². The molecule has 0 bridgehead atoms. The van der Waals surface area contributed by atoms with Crippen molar-refractivity contribution in [2.24, 2.45) is 0 Å². The van der Waals surface area contributed by atoms with Crippen LogP contribution in [0.2, 0.25) is 5.02 Å². The fourth-order valence-corrected chi connectivity index (χ4v) is 3.75. The van der Waals surface area contributed by atoms with Crippen LogP contribution in [0, 0.1) is 0 Å². The van der Waals surface area contributed by atoms with Gasteiger partial charge >= 0.3 is 17.9 Å². The maximum absolute atomic E-state index is 10.3. The maximum Gasteiger partial charge on any atom is 0.336 e. The first-order valence-electron chi connectivity index (χ1n) is 10.1. The van der Waals surface area contributed by atoms with Gasteiger partial charge in [-0.05, 0) is 43.7 Å². The molecule has 0 spiro atoms. The molecule has 0 aliphatic rings. The number of hydrogen-bond acceptors (Lipinski definition) is 8. The summed E-state index contributed by atoms with van der Waals surface area (Å²) in [4.78, 5) is 36.3. The summed E-state index contributed by atoms with van der Waals surface area (Å²) < 4.78 is 0. The number of carboxylic acid groups (broad SMARTS) is 3. The van der Waals surface area contributed by atoms with Crippen LogP contribution in [0.25, 0.3) is 0 Å². The van der Waals surface area contributed by atoms with Crippen molar-refractivity contribution in [1.82, 2.24) is 9.80 Å². The third-order valence-electron chi connectivity index (χ3n) is 4.54. The molecule has 0 radical (unpaired) electrons. The summed E-state index contributed by atoms with van der Waals surface area (Å²) in [6.07, 6.45) is -2.29. The first-order valence-corrected chi connectivity index (χ1v) is 11.3. The molecule has 12 heteroatoms. The smallest absolute Gasteiger partial charge is 0.336 e. The number of likely N-dealkylation sites (N-methyl/N-ethyl adjacent to an activating group) is 1. The van der Waals surface area contributed by atoms with Crippen molar-refractivity contribution in [3.05, 3.63) is 51.2 Å². The van der Waals surface area contributed by atoms with Gasteiger partial charge in [0.2, 0.25) is 0 Å². The Bertz CT molecular complexity index is 936. The van der Waals surface area contributed by atoms with E-state index in [1.165, 1.54) is 4.88 Å². The van der Waals surface area contributed by atoms with Crippen molar-refractivity contribution in [2.45, 2.75) is 31.5 Å². The summed E-state index contributed by atoms with van der Waals surface area (Å²) in [5.74, 6) is -4.71. The van der Waals surface area contributed by atoms with Crippen LogP contribution in [0.3, 0.4) is 0 Å². The molecule has 1 heterocycles. The van der Waals surface area contributed by atoms with E-state index >= 15 is 0 Å². The number of carbonyl (C=O) groups is 3. The van der Waals surface area contributed by atoms with Gasteiger partial charge in [-0.25, -0.2) is 4.79 Å². The van der Waals surface area contributed by atoms with E-state index in [9.17, 15) is 19.5 Å². The van der Waals surface area contributed by atoms with Crippen LogP contribution in [0.5, 0.6) is 5.75 Å². The SMILES string of the molecule is CN(C)CCN(Cc1cccs1)Cc1cc(Cl)ccc1O.O=C(O)CC(O)(CC(=O)O)C(=O)O. The van der Waals surface area contributed by atoms with Crippen LogP contribution in [-0.2, 0) is 27.5 Å². The molecule has 0 aliphatic carbocycles. The molecule has 1 aromatic heterocycles. The Balaban J connectivity index is 0.000000385. The maximum atomic E-state index is 10.3. The van der Waals surface area contributed by atoms with E-state index in [1.54, 1.807) is 23.5 Å². The van der Waals surface area contributed by atoms with E-state index in [1.807, 2.05) is 6.07 Å². The van der Waals surface area contributed by atoms with E-state index < -0.39 is 36.4 Å². The quantitative estimate of drug-likeness (QED) is 0.283. The van der Waals surface area contributed by atoms with Gasteiger partial charge in [-0.3, -0.25) is 14.5 Å². The Labute approximate surface area is 206 Å². The number of rotatable bonds is 12. The molecule has 188 valence electrons. The number of nitrogens with zero attached hydrogens (tertiary/aromatic N) is 2. The fraction of sp³-hybridized carbons (Fsp3) is 0.409. The topological polar surface area (TPSA) is 159 Å². The molecule has 0 amide bonds. The highest BCUT2D eigenvalue weighted by molar-refractivity contribution is 7.09. The molecule has 5 N–H and O–H groups in total. The van der Waals surface area contributed by atoms with Gasteiger partial charge in [0.15, 0.2) is 5.60 Å². The molecule has 0 aliphatic heterocycles. The average Bonchev–Trinajstić information content (AvgIpc) is 3.21. The highest BCUT2D eigenvalue weighted by atomic mass is 35.5. The van der Waals surface area contributed by atoms with E-state index in [2.05, 4.69) is 41.4 Å². The summed E-state index contributed by atoms with van der Waals surface area (Å²) in [7, 11) is 4.14. The van der Waals surface area contributed by atoms with Gasteiger partial charge in [-0.15, -0.1) is 11.3 Å². The second-order valence-corrected chi connectivity index (χ2v) is 9.31. The zero-order valence-electron chi connectivity index (χ0n) is 18.8. The number of phenols is 1. The third-order valence-corrected chi connectivity index (χ3v) is 5.64. The van der Waals surface area contributed by atoms with Crippen molar-refractivity contribution in [3.63, 3.8) is 0 Å². The highest BCUT2D eigenvalue weighted by Crippen LogP contribution is 2.24. The number of benzene rings is 1. The molecule has 0 saturated carbocycles. The zero-order chi connectivity index (χ0) is 25.9. The summed E-state index contributed by atoms with van der Waals surface area (Å²) >= 11 is 7.79. The number of hydrogen-bond donors (Lipinski definition) is 5. The largest absolute Gasteiger partial charge is 0.508 e. The lowest BCUT2D eigenvalue weighted by Gasteiger charge is -2.24. The standard InChI is InChI=1S/C16H21ClN2OS.C6H8O7/c1-18(2)7-8-19(12-15-4-3-9-21-15)11-13-10-14(17)5-6-16(13)20;7-3(8)1-6(13,5(11)12)2-4(9)10/h3-6,9-10,20H,7-8,11-12H2,1-2H3;13H,1-2H2,(H,7,8)(H,9,10)(H,11,12). The summed E-state index contributed by atoms with van der Waals surface area (Å²) in [5, 5.41) is 46.6. The Morgan fingerprint density at radius 1 is 1.00 bits per heavy atom. The monoisotopic (exact) mass is 516 g/mol. The highest BCUT2D eigenvalue weighted by Gasteiger charge is 2.40. The van der Waals surface area contributed by atoms with E-state index in [-0.39, 0.29) is 0 Å². The molecule has 1 aromatic carbocycles. The molecular weight excluding hydrogens is 488 g/mol. The van der Waals surface area contributed by atoms with Crippen LogP contribution < -0.4 is 0 Å². The number of thiophene rings is 1. The number of aliphatic carboxylic acids is 3. The average molecular weight is 517 g/mol. The van der Waals surface area contributed by atoms with Gasteiger partial charge in [0.1, 0.15) is 5.75 Å². The number of carboxylic acids is 3. The molecule has 0 atom stereocenters. The predicted octanol–water partition coefficient (Wildman–Crippen LogP) is 2.42. The lowest BCUT2D eigenvalue weighted by atomic mass is 9.96. The van der Waals surface area contributed by atoms with Crippen molar-refractivity contribution < 1.29 is 39.9 Å². The third kappa shape index (κ3) is 10.9. The van der Waals surface area contributed by atoms with Crippen molar-refractivity contribution in [3.8, 4) is 5.75 Å². The molecule has 0 saturated heterocycles. The normalized spacial score (nSPS) is 11.2.